The Morgan fingerprint density at radius 3 is 2.41 bits per heavy atom. The van der Waals surface area contributed by atoms with Crippen LogP contribution in [0.3, 0.4) is 0 Å². The Morgan fingerprint density at radius 1 is 1.27 bits per heavy atom. The van der Waals surface area contributed by atoms with E-state index >= 15 is 0 Å². The highest BCUT2D eigenvalue weighted by Gasteiger charge is 2.25. The molecule has 0 saturated carbocycles. The molecule has 1 aromatic rings. The van der Waals surface area contributed by atoms with Gasteiger partial charge < -0.3 is 14.6 Å². The topological polar surface area (TPSA) is 110 Å². The number of hydrogen-bond acceptors (Lipinski definition) is 6. The molecule has 1 rings (SSSR count). The summed E-state index contributed by atoms with van der Waals surface area (Å²) in [4.78, 5) is 33.2. The third kappa shape index (κ3) is 4.96. The first-order chi connectivity index (χ1) is 10.1. The molecule has 1 aromatic carbocycles. The quantitative estimate of drug-likeness (QED) is 0.249. The number of aromatic carboxylic acids is 1. The lowest BCUT2D eigenvalue weighted by molar-refractivity contribution is -0.385. The first-order valence-electron chi connectivity index (χ1n) is 6.79. The Balaban J connectivity index is 2.92. The molecule has 0 unspecified atom stereocenters. The van der Waals surface area contributed by atoms with Crippen LogP contribution in [0.1, 0.15) is 27.1 Å². The fraction of sp³-hybridized carbons (Fsp3) is 0.429. The number of benzene rings is 1. The molecular formula is C14H18NO6Si-. The van der Waals surface area contributed by atoms with Crippen molar-refractivity contribution in [1.82, 2.24) is 0 Å². The lowest BCUT2D eigenvalue weighted by Gasteiger charge is -2.15. The average molecular weight is 324 g/mol. The standard InChI is InChI=1S/C14H19NO6Si/c1-22(2,3)9-5-8-21-14(18)12-10(13(16)17)6-4-7-11(12)15(19)20/h4,6-7H,5,8-9H2,1-3H3,(H,16,17)/p-1. The molecule has 0 aliphatic carbocycles. The predicted molar refractivity (Wildman–Crippen MR) is 80.5 cm³/mol. The van der Waals surface area contributed by atoms with Crippen molar-refractivity contribution < 1.29 is 24.4 Å². The largest absolute Gasteiger partial charge is 0.545 e. The second kappa shape index (κ2) is 7.17. The van der Waals surface area contributed by atoms with Crippen molar-refractivity contribution in [2.75, 3.05) is 6.61 Å². The van der Waals surface area contributed by atoms with E-state index in [4.69, 9.17) is 4.74 Å². The van der Waals surface area contributed by atoms with Gasteiger partial charge in [0.2, 0.25) is 0 Å². The van der Waals surface area contributed by atoms with Gasteiger partial charge in [0.15, 0.2) is 0 Å². The normalized spacial score (nSPS) is 11.0. The summed E-state index contributed by atoms with van der Waals surface area (Å²) in [7, 11) is -1.27. The van der Waals surface area contributed by atoms with Crippen molar-refractivity contribution >= 4 is 25.7 Å². The number of rotatable bonds is 7. The molecule has 8 heteroatoms. The number of carbonyl (C=O) groups excluding carboxylic acids is 2. The fourth-order valence-electron chi connectivity index (χ4n) is 1.92. The zero-order valence-corrected chi connectivity index (χ0v) is 13.8. The highest BCUT2D eigenvalue weighted by atomic mass is 28.3. The molecule has 0 radical (unpaired) electrons. The number of hydrogen-bond donors (Lipinski definition) is 0. The predicted octanol–water partition coefficient (Wildman–Crippen LogP) is 1.84. The SMILES string of the molecule is C[Si](C)(C)CCCOC(=O)c1c(C(=O)[O-])cccc1[N+](=O)[O-]. The molecule has 22 heavy (non-hydrogen) atoms. The number of esters is 1. The summed E-state index contributed by atoms with van der Waals surface area (Å²) in [5, 5.41) is 22.0. The number of nitro benzene ring substituents is 1. The molecule has 0 heterocycles. The van der Waals surface area contributed by atoms with Crippen LogP contribution in [0.15, 0.2) is 18.2 Å². The van der Waals surface area contributed by atoms with E-state index in [2.05, 4.69) is 19.6 Å². The van der Waals surface area contributed by atoms with Crippen molar-refractivity contribution in [3.63, 3.8) is 0 Å². The number of carbonyl (C=O) groups is 2. The summed E-state index contributed by atoms with van der Waals surface area (Å²) in [6.45, 7) is 6.61. The molecule has 7 nitrogen and oxygen atoms in total. The van der Waals surface area contributed by atoms with E-state index in [9.17, 15) is 24.8 Å². The Labute approximate surface area is 129 Å². The second-order valence-electron chi connectivity index (χ2n) is 6.04. The minimum absolute atomic E-state index is 0.0988. The summed E-state index contributed by atoms with van der Waals surface area (Å²) >= 11 is 0. The van der Waals surface area contributed by atoms with Crippen LogP contribution in [0.25, 0.3) is 0 Å². The maximum atomic E-state index is 12.0. The van der Waals surface area contributed by atoms with E-state index in [1.807, 2.05) is 0 Å². The molecule has 0 aliphatic heterocycles. The first-order valence-corrected chi connectivity index (χ1v) is 10.5. The molecule has 0 aliphatic rings. The number of carboxylic acids is 1. The average Bonchev–Trinajstić information content (AvgIpc) is 2.41. The third-order valence-corrected chi connectivity index (χ3v) is 4.82. The Bertz CT molecular complexity index is 561. The lowest BCUT2D eigenvalue weighted by Crippen LogP contribution is -2.26. The van der Waals surface area contributed by atoms with Gasteiger partial charge in [-0.25, -0.2) is 4.79 Å². The number of nitro groups is 1. The van der Waals surface area contributed by atoms with Crippen LogP contribution in [0.5, 0.6) is 0 Å². The van der Waals surface area contributed by atoms with Gasteiger partial charge in [0.1, 0.15) is 5.56 Å². The maximum Gasteiger partial charge on any atom is 0.345 e. The monoisotopic (exact) mass is 324 g/mol. The van der Waals surface area contributed by atoms with E-state index in [0.717, 1.165) is 18.2 Å². The number of ether oxygens (including phenoxy) is 1. The third-order valence-electron chi connectivity index (χ3n) is 2.97. The van der Waals surface area contributed by atoms with Gasteiger partial charge in [0.25, 0.3) is 5.69 Å². The van der Waals surface area contributed by atoms with Crippen molar-refractivity contribution in [2.45, 2.75) is 32.1 Å². The molecule has 120 valence electrons. The molecule has 0 spiro atoms. The molecule has 0 fully saturated rings. The first kappa shape index (κ1) is 17.8. The summed E-state index contributed by atoms with van der Waals surface area (Å²) in [5.41, 5.74) is -1.71. The van der Waals surface area contributed by atoms with E-state index in [1.54, 1.807) is 0 Å². The van der Waals surface area contributed by atoms with Crippen molar-refractivity contribution in [1.29, 1.82) is 0 Å². The number of carboxylic acid groups (broad SMARTS) is 1. The highest BCUT2D eigenvalue weighted by Crippen LogP contribution is 2.23. The molecule has 0 amide bonds. The second-order valence-corrected chi connectivity index (χ2v) is 11.7. The summed E-state index contributed by atoms with van der Waals surface area (Å²) in [6.07, 6.45) is 0.642. The van der Waals surface area contributed by atoms with Gasteiger partial charge in [-0.15, -0.1) is 0 Å². The molecule has 0 bridgehead atoms. The summed E-state index contributed by atoms with van der Waals surface area (Å²) in [5.74, 6) is -2.67. The van der Waals surface area contributed by atoms with Crippen molar-refractivity contribution in [3.05, 3.63) is 39.4 Å². The van der Waals surface area contributed by atoms with Gasteiger partial charge in [-0.2, -0.15) is 0 Å². The number of nitrogens with zero attached hydrogens (tertiary/aromatic N) is 1. The van der Waals surface area contributed by atoms with Gasteiger partial charge in [0.05, 0.1) is 17.5 Å². The Hall–Kier alpha value is -2.22. The van der Waals surface area contributed by atoms with Crippen LogP contribution in [0.2, 0.25) is 25.7 Å². The smallest absolute Gasteiger partial charge is 0.345 e. The molecule has 0 saturated heterocycles. The summed E-state index contributed by atoms with van der Waals surface area (Å²) in [6, 6.07) is 4.27. The molecule has 0 aromatic heterocycles. The maximum absolute atomic E-state index is 12.0. The van der Waals surface area contributed by atoms with E-state index in [0.29, 0.717) is 6.42 Å². The van der Waals surface area contributed by atoms with Crippen LogP contribution in [0, 0.1) is 10.1 Å². The lowest BCUT2D eigenvalue weighted by atomic mass is 10.1. The van der Waals surface area contributed by atoms with Gasteiger partial charge >= 0.3 is 5.97 Å². The summed E-state index contributed by atoms with van der Waals surface area (Å²) < 4.78 is 4.99. The van der Waals surface area contributed by atoms with Crippen LogP contribution in [-0.2, 0) is 4.74 Å². The van der Waals surface area contributed by atoms with E-state index in [-0.39, 0.29) is 6.61 Å². The zero-order chi connectivity index (χ0) is 16.9. The zero-order valence-electron chi connectivity index (χ0n) is 12.8. The minimum atomic E-state index is -1.65. The van der Waals surface area contributed by atoms with Crippen molar-refractivity contribution in [3.8, 4) is 0 Å². The fourth-order valence-corrected chi connectivity index (χ4v) is 3.12. The van der Waals surface area contributed by atoms with Crippen LogP contribution in [-0.4, -0.2) is 31.5 Å². The van der Waals surface area contributed by atoms with Gasteiger partial charge in [-0.3, -0.25) is 10.1 Å². The van der Waals surface area contributed by atoms with Gasteiger partial charge in [-0.1, -0.05) is 37.8 Å². The molecule has 0 N–H and O–H groups in total. The molecular weight excluding hydrogens is 306 g/mol. The van der Waals surface area contributed by atoms with E-state index in [1.165, 1.54) is 6.07 Å². The van der Waals surface area contributed by atoms with Crippen LogP contribution < -0.4 is 5.11 Å². The van der Waals surface area contributed by atoms with E-state index < -0.39 is 41.8 Å². The van der Waals surface area contributed by atoms with Gasteiger partial charge in [0, 0.05) is 19.7 Å². The van der Waals surface area contributed by atoms with Gasteiger partial charge in [-0.05, 0) is 6.42 Å². The Morgan fingerprint density at radius 2 is 1.91 bits per heavy atom. The minimum Gasteiger partial charge on any atom is -0.545 e. The Kier molecular flexibility index (Phi) is 5.81. The van der Waals surface area contributed by atoms with Crippen LogP contribution >= 0.6 is 0 Å². The van der Waals surface area contributed by atoms with Crippen molar-refractivity contribution in [2.24, 2.45) is 0 Å². The van der Waals surface area contributed by atoms with Crippen LogP contribution in [0.4, 0.5) is 5.69 Å². The highest BCUT2D eigenvalue weighted by molar-refractivity contribution is 6.76. The molecule has 0 atom stereocenters.